The zero-order valence-electron chi connectivity index (χ0n) is 16.5. The summed E-state index contributed by atoms with van der Waals surface area (Å²) in [6, 6.07) is 4.83. The molecule has 0 saturated carbocycles. The average molecular weight is 496 g/mol. The smallest absolute Gasteiger partial charge is 0.536 e. The van der Waals surface area contributed by atoms with Crippen LogP contribution >= 0.6 is 27.5 Å². The first-order valence-corrected chi connectivity index (χ1v) is 10.7. The van der Waals surface area contributed by atoms with Gasteiger partial charge in [-0.3, -0.25) is 14.4 Å². The third kappa shape index (κ3) is 5.53. The Balaban J connectivity index is 1.60. The van der Waals surface area contributed by atoms with Crippen molar-refractivity contribution in [2.45, 2.75) is 32.3 Å². The molecule has 2 amide bonds. The Morgan fingerprint density at radius 2 is 2.10 bits per heavy atom. The number of amides is 2. The van der Waals surface area contributed by atoms with Crippen molar-refractivity contribution in [2.24, 2.45) is 5.92 Å². The van der Waals surface area contributed by atoms with Gasteiger partial charge in [-0.05, 0) is 58.6 Å². The second-order valence-electron chi connectivity index (χ2n) is 7.44. The van der Waals surface area contributed by atoms with E-state index < -0.39 is 31.0 Å². The minimum absolute atomic E-state index is 0.191. The monoisotopic (exact) mass is 494 g/mol. The van der Waals surface area contributed by atoms with Gasteiger partial charge in [-0.1, -0.05) is 31.5 Å². The van der Waals surface area contributed by atoms with E-state index in [1.807, 2.05) is 13.8 Å². The lowest BCUT2D eigenvalue weighted by molar-refractivity contribution is -0.120. The molecule has 30 heavy (non-hydrogen) atoms. The van der Waals surface area contributed by atoms with Crippen LogP contribution in [0.3, 0.4) is 0 Å². The van der Waals surface area contributed by atoms with Crippen LogP contribution in [0.1, 0.15) is 30.6 Å². The van der Waals surface area contributed by atoms with Crippen LogP contribution < -0.4 is 10.6 Å². The minimum atomic E-state index is -0.783. The maximum absolute atomic E-state index is 12.5. The lowest BCUT2D eigenvalue weighted by Gasteiger charge is -2.21. The van der Waals surface area contributed by atoms with Gasteiger partial charge in [0, 0.05) is 9.50 Å². The summed E-state index contributed by atoms with van der Waals surface area (Å²) >= 11 is 9.23. The highest BCUT2D eigenvalue weighted by molar-refractivity contribution is 9.10. The standard InChI is InChI=1S/C20H21BBrClN2O5/c1-11(2)8-17(21-29-16-5-3-4-15(26)19(16)30-21)25-18(27)10-24-20(28)13-9-12(23)6-7-14(13)22/h3-7,9,11,17,19H,8,10H2,1-2H3,(H,24,28)(H,25,27). The molecular formula is C20H21BBrClN2O5. The maximum atomic E-state index is 12.5. The molecule has 0 radical (unpaired) electrons. The van der Waals surface area contributed by atoms with E-state index in [-0.39, 0.29) is 18.2 Å². The van der Waals surface area contributed by atoms with Gasteiger partial charge in [0.15, 0.2) is 11.9 Å². The summed E-state index contributed by atoms with van der Waals surface area (Å²) in [5.74, 6) is -0.816. The van der Waals surface area contributed by atoms with Gasteiger partial charge in [0.1, 0.15) is 5.76 Å². The van der Waals surface area contributed by atoms with E-state index in [2.05, 4.69) is 26.6 Å². The van der Waals surface area contributed by atoms with Gasteiger partial charge in [0.2, 0.25) is 5.91 Å². The Morgan fingerprint density at radius 3 is 2.80 bits per heavy atom. The molecule has 158 valence electrons. The van der Waals surface area contributed by atoms with Crippen LogP contribution in [-0.4, -0.2) is 43.3 Å². The van der Waals surface area contributed by atoms with Crippen LogP contribution in [0.5, 0.6) is 0 Å². The molecule has 2 unspecified atom stereocenters. The molecule has 0 spiro atoms. The van der Waals surface area contributed by atoms with Crippen molar-refractivity contribution in [3.63, 3.8) is 0 Å². The summed E-state index contributed by atoms with van der Waals surface area (Å²) in [6.45, 7) is 3.78. The van der Waals surface area contributed by atoms with Crippen LogP contribution in [0.2, 0.25) is 5.02 Å². The lowest BCUT2D eigenvalue weighted by Crippen LogP contribution is -2.51. The largest absolute Gasteiger partial charge is 0.550 e. The number of halogens is 2. The molecule has 7 nitrogen and oxygen atoms in total. The van der Waals surface area contributed by atoms with Gasteiger partial charge in [0.05, 0.1) is 18.0 Å². The average Bonchev–Trinajstić information content (AvgIpc) is 3.13. The van der Waals surface area contributed by atoms with E-state index in [9.17, 15) is 14.4 Å². The molecule has 2 atom stereocenters. The number of hydrogen-bond donors (Lipinski definition) is 2. The molecule has 1 saturated heterocycles. The van der Waals surface area contributed by atoms with Crippen molar-refractivity contribution in [1.29, 1.82) is 0 Å². The first kappa shape index (κ1) is 22.6. The SMILES string of the molecule is CC(C)CC(NC(=O)CNC(=O)c1cc(Cl)ccc1Br)B1OC2=CC=CC(=O)C2O1. The number of carbonyl (C=O) groups excluding carboxylic acids is 3. The Labute approximate surface area is 188 Å². The fraction of sp³-hybridized carbons (Fsp3) is 0.350. The first-order chi connectivity index (χ1) is 14.2. The highest BCUT2D eigenvalue weighted by atomic mass is 79.9. The Bertz CT molecular complexity index is 920. The number of rotatable bonds is 7. The van der Waals surface area contributed by atoms with Crippen LogP contribution in [0.4, 0.5) is 0 Å². The normalized spacial score (nSPS) is 18.6. The second-order valence-corrected chi connectivity index (χ2v) is 8.73. The van der Waals surface area contributed by atoms with Crippen LogP contribution in [0.15, 0.2) is 46.7 Å². The molecule has 1 fully saturated rings. The maximum Gasteiger partial charge on any atom is 0.550 e. The fourth-order valence-electron chi connectivity index (χ4n) is 3.19. The topological polar surface area (TPSA) is 93.7 Å². The van der Waals surface area contributed by atoms with Crippen molar-refractivity contribution < 1.29 is 23.7 Å². The molecule has 2 N–H and O–H groups in total. The third-order valence-electron chi connectivity index (χ3n) is 4.54. The minimum Gasteiger partial charge on any atom is -0.536 e. The molecule has 1 aliphatic carbocycles. The number of nitrogens with one attached hydrogen (secondary N) is 2. The van der Waals surface area contributed by atoms with Crippen LogP contribution in [0.25, 0.3) is 0 Å². The number of ketones is 1. The fourth-order valence-corrected chi connectivity index (χ4v) is 3.79. The van der Waals surface area contributed by atoms with Crippen molar-refractivity contribution in [3.05, 3.63) is 57.2 Å². The molecule has 0 bridgehead atoms. The summed E-state index contributed by atoms with van der Waals surface area (Å²) in [6.07, 6.45) is 4.53. The molecule has 1 aromatic carbocycles. The molecule has 1 aliphatic heterocycles. The number of fused-ring (bicyclic) bond motifs is 1. The quantitative estimate of drug-likeness (QED) is 0.568. The highest BCUT2D eigenvalue weighted by Gasteiger charge is 2.46. The second kappa shape index (κ2) is 9.81. The molecular weight excluding hydrogens is 474 g/mol. The summed E-state index contributed by atoms with van der Waals surface area (Å²) in [5.41, 5.74) is 0.332. The summed E-state index contributed by atoms with van der Waals surface area (Å²) in [7, 11) is -0.783. The van der Waals surface area contributed by atoms with E-state index in [4.69, 9.17) is 20.9 Å². The molecule has 1 heterocycles. The Morgan fingerprint density at radius 1 is 1.33 bits per heavy atom. The molecule has 10 heteroatoms. The van der Waals surface area contributed by atoms with Crippen molar-refractivity contribution in [3.8, 4) is 0 Å². The number of carbonyl (C=O) groups is 3. The van der Waals surface area contributed by atoms with E-state index >= 15 is 0 Å². The van der Waals surface area contributed by atoms with E-state index in [0.717, 1.165) is 0 Å². The van der Waals surface area contributed by atoms with Crippen molar-refractivity contribution >= 4 is 52.2 Å². The number of hydrogen-bond acceptors (Lipinski definition) is 5. The van der Waals surface area contributed by atoms with Gasteiger partial charge in [-0.25, -0.2) is 0 Å². The zero-order chi connectivity index (χ0) is 21.8. The van der Waals surface area contributed by atoms with Gasteiger partial charge >= 0.3 is 7.12 Å². The summed E-state index contributed by atoms with van der Waals surface area (Å²) in [4.78, 5) is 36.8. The highest BCUT2D eigenvalue weighted by Crippen LogP contribution is 2.27. The molecule has 0 aromatic heterocycles. The van der Waals surface area contributed by atoms with Crippen LogP contribution in [0, 0.1) is 5.92 Å². The van der Waals surface area contributed by atoms with E-state index in [1.165, 1.54) is 12.1 Å². The van der Waals surface area contributed by atoms with Crippen LogP contribution in [-0.2, 0) is 18.9 Å². The van der Waals surface area contributed by atoms with E-state index in [1.54, 1.807) is 24.3 Å². The molecule has 3 rings (SSSR count). The van der Waals surface area contributed by atoms with Gasteiger partial charge < -0.3 is 19.9 Å². The molecule has 1 aromatic rings. The Kier molecular flexibility index (Phi) is 7.38. The summed E-state index contributed by atoms with van der Waals surface area (Å²) < 4.78 is 12.1. The zero-order valence-corrected chi connectivity index (χ0v) is 18.8. The van der Waals surface area contributed by atoms with Crippen molar-refractivity contribution in [1.82, 2.24) is 10.6 Å². The van der Waals surface area contributed by atoms with Crippen molar-refractivity contribution in [2.75, 3.05) is 6.54 Å². The lowest BCUT2D eigenvalue weighted by atomic mass is 9.74. The Hall–Kier alpha value is -2.10. The van der Waals surface area contributed by atoms with Gasteiger partial charge in [-0.15, -0.1) is 0 Å². The first-order valence-electron chi connectivity index (χ1n) is 9.51. The third-order valence-corrected chi connectivity index (χ3v) is 5.47. The number of allylic oxidation sites excluding steroid dienone is 2. The predicted octanol–water partition coefficient (Wildman–Crippen LogP) is 2.83. The predicted molar refractivity (Wildman–Crippen MR) is 117 cm³/mol. The van der Waals surface area contributed by atoms with E-state index in [0.29, 0.717) is 27.2 Å². The molecule has 2 aliphatic rings. The van der Waals surface area contributed by atoms with Gasteiger partial charge in [0.25, 0.3) is 5.91 Å². The number of benzene rings is 1. The van der Waals surface area contributed by atoms with Gasteiger partial charge in [-0.2, -0.15) is 0 Å². The summed E-state index contributed by atoms with van der Waals surface area (Å²) in [5, 5.41) is 5.84.